The lowest BCUT2D eigenvalue weighted by molar-refractivity contribution is 0.123. The monoisotopic (exact) mass is 188 g/mol. The molecule has 13 heavy (non-hydrogen) atoms. The molecule has 0 bridgehead atoms. The molecule has 0 aromatic carbocycles. The molecule has 0 unspecified atom stereocenters. The average Bonchev–Trinajstić information content (AvgIpc) is 2.09. The highest BCUT2D eigenvalue weighted by Gasteiger charge is 1.91. The van der Waals surface area contributed by atoms with Gasteiger partial charge in [0.2, 0.25) is 0 Å². The van der Waals surface area contributed by atoms with Crippen molar-refractivity contribution < 1.29 is 4.74 Å². The Balaban J connectivity index is 2.84. The third-order valence-electron chi connectivity index (χ3n) is 1.79. The zero-order valence-electron chi connectivity index (χ0n) is 9.31. The van der Waals surface area contributed by atoms with Crippen LogP contribution < -0.4 is 5.32 Å². The summed E-state index contributed by atoms with van der Waals surface area (Å²) in [6.45, 7) is 7.15. The maximum Gasteiger partial charge on any atom is 0.0478 e. The molecule has 0 saturated heterocycles. The van der Waals surface area contributed by atoms with Crippen molar-refractivity contribution >= 4 is 0 Å². The highest BCUT2D eigenvalue weighted by molar-refractivity contribution is 4.45. The molecular weight excluding hydrogens is 164 g/mol. The van der Waals surface area contributed by atoms with E-state index in [1.54, 1.807) is 0 Å². The van der Waals surface area contributed by atoms with Crippen LogP contribution in [0, 0.1) is 0 Å². The second-order valence-corrected chi connectivity index (χ2v) is 3.48. The van der Waals surface area contributed by atoms with Gasteiger partial charge in [-0.25, -0.2) is 0 Å². The third-order valence-corrected chi connectivity index (χ3v) is 1.79. The molecule has 3 heteroatoms. The Kier molecular flexibility index (Phi) is 9.87. The summed E-state index contributed by atoms with van der Waals surface area (Å²) in [6.07, 6.45) is 2.25. The van der Waals surface area contributed by atoms with E-state index in [0.29, 0.717) is 0 Å². The maximum atomic E-state index is 5.46. The van der Waals surface area contributed by atoms with E-state index < -0.39 is 0 Å². The van der Waals surface area contributed by atoms with Gasteiger partial charge in [-0.3, -0.25) is 0 Å². The van der Waals surface area contributed by atoms with Crippen LogP contribution in [0.25, 0.3) is 0 Å². The van der Waals surface area contributed by atoms with Crippen LogP contribution in [-0.2, 0) is 4.74 Å². The van der Waals surface area contributed by atoms with E-state index in [-0.39, 0.29) is 0 Å². The number of hydrogen-bond donors (Lipinski definition) is 1. The van der Waals surface area contributed by atoms with Crippen LogP contribution in [0.15, 0.2) is 0 Å². The topological polar surface area (TPSA) is 24.5 Å². The summed E-state index contributed by atoms with van der Waals surface area (Å²) >= 11 is 0. The lowest BCUT2D eigenvalue weighted by Crippen LogP contribution is -2.17. The van der Waals surface area contributed by atoms with E-state index in [1.165, 1.54) is 0 Å². The molecule has 1 N–H and O–H groups in total. The normalized spacial score (nSPS) is 11.1. The first-order valence-corrected chi connectivity index (χ1v) is 5.20. The van der Waals surface area contributed by atoms with Crippen molar-refractivity contribution in [3.8, 4) is 0 Å². The molecule has 0 fully saturated rings. The highest BCUT2D eigenvalue weighted by atomic mass is 16.5. The lowest BCUT2D eigenvalue weighted by atomic mass is 10.4. The van der Waals surface area contributed by atoms with Gasteiger partial charge < -0.3 is 15.0 Å². The minimum atomic E-state index is 0.889. The first-order valence-electron chi connectivity index (χ1n) is 5.20. The van der Waals surface area contributed by atoms with Gasteiger partial charge in [0.25, 0.3) is 0 Å². The summed E-state index contributed by atoms with van der Waals surface area (Å²) < 4.78 is 5.46. The van der Waals surface area contributed by atoms with Crippen molar-refractivity contribution in [3.63, 3.8) is 0 Å². The fraction of sp³-hybridized carbons (Fsp3) is 1.00. The van der Waals surface area contributed by atoms with Gasteiger partial charge >= 0.3 is 0 Å². The van der Waals surface area contributed by atoms with Crippen molar-refractivity contribution in [3.05, 3.63) is 0 Å². The molecule has 0 aliphatic rings. The first-order chi connectivity index (χ1) is 6.27. The van der Waals surface area contributed by atoms with Gasteiger partial charge in [0.05, 0.1) is 0 Å². The van der Waals surface area contributed by atoms with Gasteiger partial charge in [0.15, 0.2) is 0 Å². The van der Waals surface area contributed by atoms with E-state index in [0.717, 1.165) is 45.7 Å². The predicted octanol–water partition coefficient (Wildman–Crippen LogP) is 0.954. The van der Waals surface area contributed by atoms with E-state index in [2.05, 4.69) is 31.2 Å². The summed E-state index contributed by atoms with van der Waals surface area (Å²) in [4.78, 5) is 2.18. The molecule has 3 nitrogen and oxygen atoms in total. The molecular formula is C10H24N2O. The Bertz CT molecular complexity index is 96.9. The summed E-state index contributed by atoms with van der Waals surface area (Å²) in [5.41, 5.74) is 0. The van der Waals surface area contributed by atoms with Crippen molar-refractivity contribution in [2.45, 2.75) is 19.8 Å². The van der Waals surface area contributed by atoms with Crippen molar-refractivity contribution in [1.29, 1.82) is 0 Å². The number of nitrogens with zero attached hydrogens (tertiary/aromatic N) is 1. The Hall–Kier alpha value is -0.120. The fourth-order valence-corrected chi connectivity index (χ4v) is 1.06. The molecule has 0 amide bonds. The SMILES string of the molecule is CCNCCCOCCCN(C)C. The molecule has 0 spiro atoms. The van der Waals surface area contributed by atoms with Crippen molar-refractivity contribution in [2.24, 2.45) is 0 Å². The quantitative estimate of drug-likeness (QED) is 0.545. The predicted molar refractivity (Wildman–Crippen MR) is 57.2 cm³/mol. The number of rotatable bonds is 9. The molecule has 0 aliphatic heterocycles. The molecule has 0 heterocycles. The Morgan fingerprint density at radius 2 is 1.85 bits per heavy atom. The van der Waals surface area contributed by atoms with Crippen LogP contribution in [0.5, 0.6) is 0 Å². The second kappa shape index (κ2) is 9.96. The van der Waals surface area contributed by atoms with E-state index in [1.807, 2.05) is 0 Å². The van der Waals surface area contributed by atoms with E-state index in [4.69, 9.17) is 4.74 Å². The Morgan fingerprint density at radius 1 is 1.15 bits per heavy atom. The summed E-state index contributed by atoms with van der Waals surface area (Å²) in [5, 5.41) is 3.27. The minimum Gasteiger partial charge on any atom is -0.381 e. The average molecular weight is 188 g/mol. The van der Waals surface area contributed by atoms with Crippen LogP contribution in [0.4, 0.5) is 0 Å². The number of ether oxygens (including phenoxy) is 1. The van der Waals surface area contributed by atoms with Gasteiger partial charge in [-0.15, -0.1) is 0 Å². The minimum absolute atomic E-state index is 0.889. The van der Waals surface area contributed by atoms with E-state index >= 15 is 0 Å². The largest absolute Gasteiger partial charge is 0.381 e. The zero-order valence-corrected chi connectivity index (χ0v) is 9.31. The molecule has 0 aliphatic carbocycles. The molecule has 0 saturated carbocycles. The first kappa shape index (κ1) is 12.9. The Morgan fingerprint density at radius 3 is 2.46 bits per heavy atom. The Labute approximate surface area is 82.4 Å². The second-order valence-electron chi connectivity index (χ2n) is 3.48. The summed E-state index contributed by atoms with van der Waals surface area (Å²) in [5.74, 6) is 0. The van der Waals surface area contributed by atoms with Crippen molar-refractivity contribution in [2.75, 3.05) is 46.9 Å². The smallest absolute Gasteiger partial charge is 0.0478 e. The lowest BCUT2D eigenvalue weighted by Gasteiger charge is -2.09. The van der Waals surface area contributed by atoms with Gasteiger partial charge in [-0.2, -0.15) is 0 Å². The van der Waals surface area contributed by atoms with Gasteiger partial charge in [-0.05, 0) is 46.6 Å². The van der Waals surface area contributed by atoms with Crippen LogP contribution in [-0.4, -0.2) is 51.8 Å². The van der Waals surface area contributed by atoms with E-state index in [9.17, 15) is 0 Å². The van der Waals surface area contributed by atoms with Gasteiger partial charge in [0.1, 0.15) is 0 Å². The van der Waals surface area contributed by atoms with Crippen molar-refractivity contribution in [1.82, 2.24) is 10.2 Å². The number of hydrogen-bond acceptors (Lipinski definition) is 3. The zero-order chi connectivity index (χ0) is 9.94. The standard InChI is InChI=1S/C10H24N2O/c1-4-11-7-5-9-13-10-6-8-12(2)3/h11H,4-10H2,1-3H3. The van der Waals surface area contributed by atoms with Crippen LogP contribution >= 0.6 is 0 Å². The van der Waals surface area contributed by atoms with Gasteiger partial charge in [-0.1, -0.05) is 6.92 Å². The molecule has 0 rings (SSSR count). The fourth-order valence-electron chi connectivity index (χ4n) is 1.06. The molecule has 80 valence electrons. The summed E-state index contributed by atoms with van der Waals surface area (Å²) in [7, 11) is 4.18. The van der Waals surface area contributed by atoms with Crippen LogP contribution in [0.1, 0.15) is 19.8 Å². The van der Waals surface area contributed by atoms with Crippen LogP contribution in [0.3, 0.4) is 0 Å². The summed E-state index contributed by atoms with van der Waals surface area (Å²) in [6, 6.07) is 0. The van der Waals surface area contributed by atoms with Gasteiger partial charge in [0, 0.05) is 13.2 Å². The molecule has 0 aromatic heterocycles. The third kappa shape index (κ3) is 11.9. The molecule has 0 aromatic rings. The highest BCUT2D eigenvalue weighted by Crippen LogP contribution is 1.87. The number of nitrogens with one attached hydrogen (secondary N) is 1. The maximum absolute atomic E-state index is 5.46. The van der Waals surface area contributed by atoms with Crippen LogP contribution in [0.2, 0.25) is 0 Å². The molecule has 0 atom stereocenters. The molecule has 0 radical (unpaired) electrons.